The van der Waals surface area contributed by atoms with Gasteiger partial charge in [0, 0.05) is 12.1 Å². The standard InChI is InChI=1S/C16H26N2O2/c1-4-13(3)18-16(19)11-20-15-9-7-14(8-10-15)6-5-12(2)17/h7-10,12-13H,4-6,11,17H2,1-3H3,(H,18,19). The highest BCUT2D eigenvalue weighted by Crippen LogP contribution is 2.13. The van der Waals surface area contributed by atoms with Gasteiger partial charge in [0.1, 0.15) is 5.75 Å². The Balaban J connectivity index is 2.36. The summed E-state index contributed by atoms with van der Waals surface area (Å²) in [6, 6.07) is 8.23. The topological polar surface area (TPSA) is 64.3 Å². The molecule has 2 unspecified atom stereocenters. The highest BCUT2D eigenvalue weighted by atomic mass is 16.5. The summed E-state index contributed by atoms with van der Waals surface area (Å²) >= 11 is 0. The van der Waals surface area contributed by atoms with Crippen LogP contribution in [0.5, 0.6) is 5.75 Å². The Morgan fingerprint density at radius 1 is 1.30 bits per heavy atom. The van der Waals surface area contributed by atoms with E-state index in [0.29, 0.717) is 5.75 Å². The highest BCUT2D eigenvalue weighted by Gasteiger charge is 2.06. The summed E-state index contributed by atoms with van der Waals surface area (Å²) in [5.74, 6) is 0.634. The molecule has 0 fully saturated rings. The molecule has 1 aromatic rings. The number of carbonyl (C=O) groups excluding carboxylic acids is 1. The van der Waals surface area contributed by atoms with Gasteiger partial charge < -0.3 is 15.8 Å². The van der Waals surface area contributed by atoms with Crippen LogP contribution in [0.2, 0.25) is 0 Å². The van der Waals surface area contributed by atoms with E-state index in [1.165, 1.54) is 5.56 Å². The minimum absolute atomic E-state index is 0.0590. The number of rotatable bonds is 8. The van der Waals surface area contributed by atoms with Crippen molar-refractivity contribution in [3.63, 3.8) is 0 Å². The number of hydrogen-bond donors (Lipinski definition) is 2. The first-order chi connectivity index (χ1) is 9.51. The van der Waals surface area contributed by atoms with Gasteiger partial charge in [0.2, 0.25) is 0 Å². The van der Waals surface area contributed by atoms with Crippen molar-refractivity contribution in [2.45, 2.75) is 52.1 Å². The molecule has 0 aliphatic carbocycles. The molecule has 0 radical (unpaired) electrons. The van der Waals surface area contributed by atoms with Gasteiger partial charge in [-0.1, -0.05) is 19.1 Å². The second-order valence-corrected chi connectivity index (χ2v) is 5.33. The predicted octanol–water partition coefficient (Wildman–Crippen LogP) is 2.26. The zero-order valence-electron chi connectivity index (χ0n) is 12.7. The lowest BCUT2D eigenvalue weighted by molar-refractivity contribution is -0.123. The Kier molecular flexibility index (Phi) is 7.09. The van der Waals surface area contributed by atoms with Crippen molar-refractivity contribution in [2.24, 2.45) is 5.73 Å². The van der Waals surface area contributed by atoms with Gasteiger partial charge in [-0.25, -0.2) is 0 Å². The van der Waals surface area contributed by atoms with E-state index in [9.17, 15) is 4.79 Å². The number of amides is 1. The van der Waals surface area contributed by atoms with Gasteiger partial charge in [-0.15, -0.1) is 0 Å². The fourth-order valence-corrected chi connectivity index (χ4v) is 1.71. The van der Waals surface area contributed by atoms with Crippen LogP contribution in [-0.4, -0.2) is 24.6 Å². The lowest BCUT2D eigenvalue weighted by atomic mass is 10.1. The smallest absolute Gasteiger partial charge is 0.258 e. The number of hydrogen-bond acceptors (Lipinski definition) is 3. The molecule has 1 rings (SSSR count). The number of carbonyl (C=O) groups is 1. The second-order valence-electron chi connectivity index (χ2n) is 5.33. The molecule has 3 N–H and O–H groups in total. The minimum atomic E-state index is -0.0830. The summed E-state index contributed by atoms with van der Waals surface area (Å²) in [6.45, 7) is 6.08. The lowest BCUT2D eigenvalue weighted by Gasteiger charge is -2.12. The number of aryl methyl sites for hydroxylation is 1. The quantitative estimate of drug-likeness (QED) is 0.766. The summed E-state index contributed by atoms with van der Waals surface area (Å²) in [4.78, 5) is 11.6. The van der Waals surface area contributed by atoms with E-state index in [-0.39, 0.29) is 24.6 Å². The Morgan fingerprint density at radius 2 is 1.95 bits per heavy atom. The first kappa shape index (κ1) is 16.5. The lowest BCUT2D eigenvalue weighted by Crippen LogP contribution is -2.35. The van der Waals surface area contributed by atoms with Crippen molar-refractivity contribution in [1.29, 1.82) is 0 Å². The van der Waals surface area contributed by atoms with Crippen LogP contribution in [0, 0.1) is 0 Å². The zero-order chi connectivity index (χ0) is 15.0. The molecule has 0 saturated heterocycles. The Morgan fingerprint density at radius 3 is 2.50 bits per heavy atom. The molecule has 2 atom stereocenters. The molecule has 0 aromatic heterocycles. The molecular formula is C16H26N2O2. The molecule has 4 heteroatoms. The van der Waals surface area contributed by atoms with Crippen LogP contribution < -0.4 is 15.8 Å². The molecule has 0 aliphatic heterocycles. The van der Waals surface area contributed by atoms with Gasteiger partial charge >= 0.3 is 0 Å². The van der Waals surface area contributed by atoms with Crippen LogP contribution >= 0.6 is 0 Å². The molecule has 0 heterocycles. The molecule has 0 aliphatic rings. The maximum absolute atomic E-state index is 11.6. The molecule has 4 nitrogen and oxygen atoms in total. The normalized spacial score (nSPS) is 13.6. The molecule has 0 bridgehead atoms. The molecule has 1 amide bonds. The van der Waals surface area contributed by atoms with E-state index in [4.69, 9.17) is 10.5 Å². The van der Waals surface area contributed by atoms with Crippen molar-refractivity contribution in [3.8, 4) is 5.75 Å². The first-order valence-corrected chi connectivity index (χ1v) is 7.28. The maximum Gasteiger partial charge on any atom is 0.258 e. The van der Waals surface area contributed by atoms with Gasteiger partial charge in [0.25, 0.3) is 5.91 Å². The molecule has 0 saturated carbocycles. The molecule has 20 heavy (non-hydrogen) atoms. The van der Waals surface area contributed by atoms with Crippen molar-refractivity contribution in [2.75, 3.05) is 6.61 Å². The number of nitrogens with one attached hydrogen (secondary N) is 1. The molecule has 0 spiro atoms. The van der Waals surface area contributed by atoms with Gasteiger partial charge in [-0.3, -0.25) is 4.79 Å². The molecule has 1 aromatic carbocycles. The summed E-state index contributed by atoms with van der Waals surface area (Å²) in [6.07, 6.45) is 2.85. The largest absolute Gasteiger partial charge is 0.484 e. The minimum Gasteiger partial charge on any atom is -0.484 e. The summed E-state index contributed by atoms with van der Waals surface area (Å²) in [5.41, 5.74) is 6.97. The van der Waals surface area contributed by atoms with Gasteiger partial charge in [0.15, 0.2) is 6.61 Å². The molecular weight excluding hydrogens is 252 g/mol. The third kappa shape index (κ3) is 6.57. The third-order valence-corrected chi connectivity index (χ3v) is 3.20. The van der Waals surface area contributed by atoms with Crippen molar-refractivity contribution >= 4 is 5.91 Å². The van der Waals surface area contributed by atoms with Crippen LogP contribution in [0.1, 0.15) is 39.2 Å². The fourth-order valence-electron chi connectivity index (χ4n) is 1.71. The van der Waals surface area contributed by atoms with Gasteiger partial charge in [0.05, 0.1) is 0 Å². The van der Waals surface area contributed by atoms with Gasteiger partial charge in [-0.2, -0.15) is 0 Å². The fraction of sp³-hybridized carbons (Fsp3) is 0.562. The van der Waals surface area contributed by atoms with Crippen molar-refractivity contribution in [3.05, 3.63) is 29.8 Å². The Bertz CT molecular complexity index is 401. The van der Waals surface area contributed by atoms with Crippen molar-refractivity contribution < 1.29 is 9.53 Å². The summed E-state index contributed by atoms with van der Waals surface area (Å²) in [7, 11) is 0. The average Bonchev–Trinajstić information content (AvgIpc) is 2.43. The SMILES string of the molecule is CCC(C)NC(=O)COc1ccc(CCC(C)N)cc1. The van der Waals surface area contributed by atoms with Crippen molar-refractivity contribution in [1.82, 2.24) is 5.32 Å². The van der Waals surface area contributed by atoms with Crippen LogP contribution in [0.4, 0.5) is 0 Å². The maximum atomic E-state index is 11.6. The van der Waals surface area contributed by atoms with E-state index in [1.54, 1.807) is 0 Å². The first-order valence-electron chi connectivity index (χ1n) is 7.28. The van der Waals surface area contributed by atoms with E-state index in [0.717, 1.165) is 19.3 Å². The van der Waals surface area contributed by atoms with E-state index < -0.39 is 0 Å². The van der Waals surface area contributed by atoms with E-state index in [1.807, 2.05) is 45.0 Å². The average molecular weight is 278 g/mol. The zero-order valence-corrected chi connectivity index (χ0v) is 12.7. The van der Waals surface area contributed by atoms with Crippen LogP contribution in [-0.2, 0) is 11.2 Å². The molecule has 112 valence electrons. The number of benzene rings is 1. The summed E-state index contributed by atoms with van der Waals surface area (Å²) < 4.78 is 5.46. The third-order valence-electron chi connectivity index (χ3n) is 3.20. The van der Waals surface area contributed by atoms with E-state index in [2.05, 4.69) is 5.32 Å². The summed E-state index contributed by atoms with van der Waals surface area (Å²) in [5, 5.41) is 2.87. The Labute approximate surface area is 121 Å². The van der Waals surface area contributed by atoms with Gasteiger partial charge in [-0.05, 0) is 50.8 Å². The number of nitrogens with two attached hydrogens (primary N) is 1. The van der Waals surface area contributed by atoms with Crippen LogP contribution in [0.15, 0.2) is 24.3 Å². The van der Waals surface area contributed by atoms with Crippen LogP contribution in [0.25, 0.3) is 0 Å². The predicted molar refractivity (Wildman–Crippen MR) is 81.8 cm³/mol. The monoisotopic (exact) mass is 278 g/mol. The van der Waals surface area contributed by atoms with E-state index >= 15 is 0 Å². The van der Waals surface area contributed by atoms with Crippen LogP contribution in [0.3, 0.4) is 0 Å². The number of ether oxygens (including phenoxy) is 1. The highest BCUT2D eigenvalue weighted by molar-refractivity contribution is 5.77. The second kappa shape index (κ2) is 8.59. The Hall–Kier alpha value is -1.55.